The molecule has 17 heavy (non-hydrogen) atoms. The lowest BCUT2D eigenvalue weighted by Crippen LogP contribution is -2.49. The van der Waals surface area contributed by atoms with Crippen molar-refractivity contribution in [2.45, 2.75) is 44.5 Å². The van der Waals surface area contributed by atoms with Gasteiger partial charge in [-0.1, -0.05) is 6.92 Å². The molecule has 2 saturated heterocycles. The van der Waals surface area contributed by atoms with E-state index in [-0.39, 0.29) is 24.0 Å². The van der Waals surface area contributed by atoms with Gasteiger partial charge in [-0.15, -0.1) is 0 Å². The number of amides is 1. The Morgan fingerprint density at radius 2 is 2.24 bits per heavy atom. The second-order valence-corrected chi connectivity index (χ2v) is 5.18. The summed E-state index contributed by atoms with van der Waals surface area (Å²) in [5.74, 6) is 0.298. The number of hydrogen-bond donors (Lipinski definition) is 2. The highest BCUT2D eigenvalue weighted by molar-refractivity contribution is 5.81. The number of ether oxygens (including phenoxy) is 1. The molecule has 4 atom stereocenters. The monoisotopic (exact) mass is 242 g/mol. The van der Waals surface area contributed by atoms with Crippen LogP contribution in [-0.4, -0.2) is 53.9 Å². The zero-order valence-electron chi connectivity index (χ0n) is 10.3. The van der Waals surface area contributed by atoms with E-state index in [9.17, 15) is 9.90 Å². The van der Waals surface area contributed by atoms with Crippen molar-refractivity contribution < 1.29 is 14.6 Å². The smallest absolute Gasteiger partial charge is 0.251 e. The van der Waals surface area contributed by atoms with Crippen LogP contribution in [0.3, 0.4) is 0 Å². The number of aliphatic hydroxyl groups is 1. The third kappa shape index (κ3) is 2.78. The van der Waals surface area contributed by atoms with Crippen molar-refractivity contribution in [2.24, 2.45) is 11.7 Å². The van der Waals surface area contributed by atoms with Gasteiger partial charge in [-0.3, -0.25) is 4.79 Å². The van der Waals surface area contributed by atoms with Crippen molar-refractivity contribution in [3.63, 3.8) is 0 Å². The minimum atomic E-state index is -0.403. The summed E-state index contributed by atoms with van der Waals surface area (Å²) in [6.07, 6.45) is 1.75. The van der Waals surface area contributed by atoms with Crippen LogP contribution in [0.4, 0.5) is 0 Å². The number of nitrogens with two attached hydrogens (primary N) is 1. The minimum absolute atomic E-state index is 0.0203. The molecular weight excluding hydrogens is 220 g/mol. The molecular formula is C12H22N2O3. The average molecular weight is 242 g/mol. The Labute approximate surface area is 102 Å². The Hall–Kier alpha value is -0.650. The fraction of sp³-hybridized carbons (Fsp3) is 0.917. The normalized spacial score (nSPS) is 38.4. The number of likely N-dealkylation sites (tertiary alicyclic amines) is 1. The predicted molar refractivity (Wildman–Crippen MR) is 63.3 cm³/mol. The predicted octanol–water partition coefficient (Wildman–Crippen LogP) is -0.278. The Balaban J connectivity index is 1.88. The van der Waals surface area contributed by atoms with Crippen LogP contribution in [0, 0.1) is 5.92 Å². The molecule has 0 aromatic heterocycles. The van der Waals surface area contributed by atoms with Gasteiger partial charge >= 0.3 is 0 Å². The van der Waals surface area contributed by atoms with Gasteiger partial charge in [0.2, 0.25) is 0 Å². The van der Waals surface area contributed by atoms with Gasteiger partial charge in [0.25, 0.3) is 5.91 Å². The highest BCUT2D eigenvalue weighted by Crippen LogP contribution is 2.23. The first-order valence-electron chi connectivity index (χ1n) is 6.44. The lowest BCUT2D eigenvalue weighted by molar-refractivity contribution is -0.146. The Kier molecular flexibility index (Phi) is 4.01. The molecule has 5 heteroatoms. The lowest BCUT2D eigenvalue weighted by atomic mass is 9.95. The largest absolute Gasteiger partial charge is 0.391 e. The van der Waals surface area contributed by atoms with Crippen LogP contribution in [-0.2, 0) is 9.53 Å². The molecule has 3 N–H and O–H groups in total. The molecule has 0 aromatic rings. The van der Waals surface area contributed by atoms with Gasteiger partial charge in [-0.25, -0.2) is 0 Å². The molecule has 5 nitrogen and oxygen atoms in total. The average Bonchev–Trinajstić information content (AvgIpc) is 2.80. The van der Waals surface area contributed by atoms with Crippen molar-refractivity contribution in [3.8, 4) is 0 Å². The number of nitrogens with zero attached hydrogens (tertiary/aromatic N) is 1. The van der Waals surface area contributed by atoms with E-state index in [2.05, 4.69) is 0 Å². The number of rotatable bonds is 2. The molecule has 0 saturated carbocycles. The van der Waals surface area contributed by atoms with Gasteiger partial charge in [0, 0.05) is 19.6 Å². The number of piperidine rings is 1. The van der Waals surface area contributed by atoms with Crippen molar-refractivity contribution in [1.82, 2.24) is 4.90 Å². The van der Waals surface area contributed by atoms with Gasteiger partial charge in [0.15, 0.2) is 0 Å². The van der Waals surface area contributed by atoms with Gasteiger partial charge < -0.3 is 20.5 Å². The van der Waals surface area contributed by atoms with Crippen molar-refractivity contribution >= 4 is 5.91 Å². The Morgan fingerprint density at radius 3 is 2.82 bits per heavy atom. The van der Waals surface area contributed by atoms with Crippen LogP contribution in [0.25, 0.3) is 0 Å². The van der Waals surface area contributed by atoms with Crippen molar-refractivity contribution in [2.75, 3.05) is 19.6 Å². The second kappa shape index (κ2) is 5.33. The number of aliphatic hydroxyl groups excluding tert-OH is 1. The fourth-order valence-corrected chi connectivity index (χ4v) is 2.51. The van der Waals surface area contributed by atoms with E-state index in [4.69, 9.17) is 10.5 Å². The van der Waals surface area contributed by atoms with Crippen LogP contribution in [0.5, 0.6) is 0 Å². The summed E-state index contributed by atoms with van der Waals surface area (Å²) in [5, 5.41) is 9.78. The standard InChI is InChI=1S/C12H22N2O3/c1-8-4-5-14(7-10(8)15)12(16)11-3-2-9(6-13)17-11/h8-11,15H,2-7,13H2,1H3. The fourth-order valence-electron chi connectivity index (χ4n) is 2.51. The molecule has 2 aliphatic heterocycles. The Morgan fingerprint density at radius 1 is 1.47 bits per heavy atom. The zero-order chi connectivity index (χ0) is 12.4. The first kappa shape index (κ1) is 12.8. The van der Waals surface area contributed by atoms with E-state index in [1.165, 1.54) is 0 Å². The summed E-state index contributed by atoms with van der Waals surface area (Å²) in [6, 6.07) is 0. The molecule has 0 spiro atoms. The zero-order valence-corrected chi connectivity index (χ0v) is 10.3. The quantitative estimate of drug-likeness (QED) is 0.698. The molecule has 2 rings (SSSR count). The van der Waals surface area contributed by atoms with Gasteiger partial charge in [0.1, 0.15) is 6.10 Å². The van der Waals surface area contributed by atoms with Crippen LogP contribution >= 0.6 is 0 Å². The molecule has 1 amide bonds. The van der Waals surface area contributed by atoms with Crippen LogP contribution in [0.15, 0.2) is 0 Å². The van der Waals surface area contributed by atoms with E-state index in [0.29, 0.717) is 13.1 Å². The van der Waals surface area contributed by atoms with Crippen LogP contribution < -0.4 is 5.73 Å². The molecule has 4 unspecified atom stereocenters. The summed E-state index contributed by atoms with van der Waals surface area (Å²) in [7, 11) is 0. The number of β-amino-alcohol motifs (C(OH)–C–C–N with tert-alkyl or cyclic N) is 1. The minimum Gasteiger partial charge on any atom is -0.391 e. The molecule has 0 aliphatic carbocycles. The summed E-state index contributed by atoms with van der Waals surface area (Å²) in [5.41, 5.74) is 5.52. The van der Waals surface area contributed by atoms with Crippen LogP contribution in [0.2, 0.25) is 0 Å². The lowest BCUT2D eigenvalue weighted by Gasteiger charge is -2.35. The van der Waals surface area contributed by atoms with E-state index < -0.39 is 6.10 Å². The summed E-state index contributed by atoms with van der Waals surface area (Å²) >= 11 is 0. The Bertz CT molecular complexity index is 285. The van der Waals surface area contributed by atoms with Crippen molar-refractivity contribution in [1.29, 1.82) is 0 Å². The van der Waals surface area contributed by atoms with E-state index in [0.717, 1.165) is 25.8 Å². The van der Waals surface area contributed by atoms with Crippen LogP contribution in [0.1, 0.15) is 26.2 Å². The maximum Gasteiger partial charge on any atom is 0.251 e. The van der Waals surface area contributed by atoms with Gasteiger partial charge in [0.05, 0.1) is 12.2 Å². The summed E-state index contributed by atoms with van der Waals surface area (Å²) < 4.78 is 5.59. The first-order valence-corrected chi connectivity index (χ1v) is 6.44. The van der Waals surface area contributed by atoms with Gasteiger partial charge in [-0.05, 0) is 25.2 Å². The molecule has 0 aromatic carbocycles. The van der Waals surface area contributed by atoms with E-state index in [1.807, 2.05) is 6.92 Å². The number of carbonyl (C=O) groups excluding carboxylic acids is 1. The topological polar surface area (TPSA) is 75.8 Å². The summed E-state index contributed by atoms with van der Waals surface area (Å²) in [6.45, 7) is 3.66. The second-order valence-electron chi connectivity index (χ2n) is 5.18. The van der Waals surface area contributed by atoms with E-state index >= 15 is 0 Å². The number of hydrogen-bond acceptors (Lipinski definition) is 4. The SMILES string of the molecule is CC1CCN(C(=O)C2CCC(CN)O2)CC1O. The molecule has 2 heterocycles. The highest BCUT2D eigenvalue weighted by atomic mass is 16.5. The van der Waals surface area contributed by atoms with Gasteiger partial charge in [-0.2, -0.15) is 0 Å². The molecule has 2 fully saturated rings. The number of carbonyl (C=O) groups is 1. The molecule has 0 bridgehead atoms. The summed E-state index contributed by atoms with van der Waals surface area (Å²) in [4.78, 5) is 13.9. The highest BCUT2D eigenvalue weighted by Gasteiger charge is 2.35. The van der Waals surface area contributed by atoms with Crippen molar-refractivity contribution in [3.05, 3.63) is 0 Å². The molecule has 2 aliphatic rings. The molecule has 0 radical (unpaired) electrons. The van der Waals surface area contributed by atoms with E-state index in [1.54, 1.807) is 4.90 Å². The third-order valence-corrected chi connectivity index (χ3v) is 3.88. The maximum atomic E-state index is 12.2. The molecule has 98 valence electrons. The first-order chi connectivity index (χ1) is 8.11. The maximum absolute atomic E-state index is 12.2. The third-order valence-electron chi connectivity index (χ3n) is 3.88.